The van der Waals surface area contributed by atoms with Gasteiger partial charge in [-0.15, -0.1) is 0 Å². The quantitative estimate of drug-likeness (QED) is 0.824. The van der Waals surface area contributed by atoms with Crippen molar-refractivity contribution >= 4 is 0 Å². The largest absolute Gasteiger partial charge is 0.325 e. The SMILES string of the molecule is CCC(C)(N)C1(C)CC(C)(C)c2ccccc21. The molecule has 94 valence electrons. The predicted octanol–water partition coefficient (Wildman–Crippen LogP) is 3.75. The third kappa shape index (κ3) is 1.63. The number of fused-ring (bicyclic) bond motifs is 1. The molecule has 1 aromatic rings. The first kappa shape index (κ1) is 12.6. The van der Waals surface area contributed by atoms with Crippen LogP contribution in [-0.2, 0) is 10.8 Å². The van der Waals surface area contributed by atoms with Gasteiger partial charge in [0.05, 0.1) is 0 Å². The van der Waals surface area contributed by atoms with Crippen LogP contribution in [-0.4, -0.2) is 5.54 Å². The van der Waals surface area contributed by atoms with E-state index in [9.17, 15) is 0 Å². The summed E-state index contributed by atoms with van der Waals surface area (Å²) in [5.74, 6) is 0. The lowest BCUT2D eigenvalue weighted by Gasteiger charge is -2.42. The summed E-state index contributed by atoms with van der Waals surface area (Å²) in [6.07, 6.45) is 2.15. The molecule has 1 aliphatic carbocycles. The summed E-state index contributed by atoms with van der Waals surface area (Å²) in [7, 11) is 0. The zero-order valence-electron chi connectivity index (χ0n) is 11.8. The van der Waals surface area contributed by atoms with E-state index in [2.05, 4.69) is 58.9 Å². The Hall–Kier alpha value is -0.820. The Balaban J connectivity index is 2.62. The molecule has 2 rings (SSSR count). The maximum Gasteiger partial charge on any atom is 0.0218 e. The van der Waals surface area contributed by atoms with Gasteiger partial charge in [0.2, 0.25) is 0 Å². The number of rotatable bonds is 2. The van der Waals surface area contributed by atoms with Crippen molar-refractivity contribution < 1.29 is 0 Å². The van der Waals surface area contributed by atoms with E-state index in [4.69, 9.17) is 5.73 Å². The molecule has 2 unspecified atom stereocenters. The van der Waals surface area contributed by atoms with Gasteiger partial charge in [-0.1, -0.05) is 52.0 Å². The third-order valence-electron chi connectivity index (χ3n) is 5.04. The molecule has 0 fully saturated rings. The molecule has 2 N–H and O–H groups in total. The van der Waals surface area contributed by atoms with E-state index in [0.717, 1.165) is 12.8 Å². The van der Waals surface area contributed by atoms with Crippen LogP contribution in [0.5, 0.6) is 0 Å². The molecule has 1 aromatic carbocycles. The Labute approximate surface area is 105 Å². The first-order chi connectivity index (χ1) is 7.74. The summed E-state index contributed by atoms with van der Waals surface area (Å²) in [6.45, 7) is 11.4. The van der Waals surface area contributed by atoms with Gasteiger partial charge in [0.1, 0.15) is 0 Å². The lowest BCUT2D eigenvalue weighted by Crippen LogP contribution is -2.53. The Bertz CT molecular complexity index is 431. The number of hydrogen-bond acceptors (Lipinski definition) is 1. The van der Waals surface area contributed by atoms with Crippen molar-refractivity contribution in [1.82, 2.24) is 0 Å². The fourth-order valence-electron chi connectivity index (χ4n) is 3.53. The zero-order valence-corrected chi connectivity index (χ0v) is 11.8. The normalized spacial score (nSPS) is 29.8. The predicted molar refractivity (Wildman–Crippen MR) is 74.3 cm³/mol. The van der Waals surface area contributed by atoms with Crippen LogP contribution in [0.3, 0.4) is 0 Å². The van der Waals surface area contributed by atoms with Gasteiger partial charge < -0.3 is 5.73 Å². The van der Waals surface area contributed by atoms with Gasteiger partial charge in [-0.3, -0.25) is 0 Å². The Morgan fingerprint density at radius 3 is 2.24 bits per heavy atom. The van der Waals surface area contributed by atoms with Gasteiger partial charge in [-0.25, -0.2) is 0 Å². The van der Waals surface area contributed by atoms with Crippen LogP contribution in [0.1, 0.15) is 58.6 Å². The van der Waals surface area contributed by atoms with Crippen LogP contribution in [0.2, 0.25) is 0 Å². The summed E-state index contributed by atoms with van der Waals surface area (Å²) < 4.78 is 0. The highest BCUT2D eigenvalue weighted by Crippen LogP contribution is 2.54. The molecule has 1 heteroatoms. The molecular weight excluding hydrogens is 206 g/mol. The average molecular weight is 231 g/mol. The van der Waals surface area contributed by atoms with Crippen molar-refractivity contribution in [3.63, 3.8) is 0 Å². The van der Waals surface area contributed by atoms with Crippen molar-refractivity contribution in [1.29, 1.82) is 0 Å². The van der Waals surface area contributed by atoms with E-state index in [1.165, 1.54) is 11.1 Å². The van der Waals surface area contributed by atoms with Crippen LogP contribution in [0, 0.1) is 0 Å². The maximum absolute atomic E-state index is 6.59. The minimum atomic E-state index is -0.142. The van der Waals surface area contributed by atoms with Gasteiger partial charge in [-0.2, -0.15) is 0 Å². The minimum absolute atomic E-state index is 0.0852. The van der Waals surface area contributed by atoms with Crippen molar-refractivity contribution in [2.24, 2.45) is 5.73 Å². The first-order valence-corrected chi connectivity index (χ1v) is 6.63. The standard InChI is InChI=1S/C16H25N/c1-6-16(5,17)15(4)11-14(2,3)12-9-7-8-10-13(12)15/h7-10H,6,11,17H2,1-5H3. The van der Waals surface area contributed by atoms with E-state index in [-0.39, 0.29) is 16.4 Å². The summed E-state index contributed by atoms with van der Waals surface area (Å²) in [5, 5.41) is 0. The highest BCUT2D eigenvalue weighted by molar-refractivity contribution is 5.47. The topological polar surface area (TPSA) is 26.0 Å². The van der Waals surface area contributed by atoms with Crippen LogP contribution < -0.4 is 5.73 Å². The van der Waals surface area contributed by atoms with Gasteiger partial charge in [0.15, 0.2) is 0 Å². The molecule has 2 atom stereocenters. The number of benzene rings is 1. The molecule has 17 heavy (non-hydrogen) atoms. The van der Waals surface area contributed by atoms with Crippen molar-refractivity contribution in [2.75, 3.05) is 0 Å². The zero-order chi connectivity index (χ0) is 12.9. The van der Waals surface area contributed by atoms with E-state index in [0.29, 0.717) is 0 Å². The minimum Gasteiger partial charge on any atom is -0.325 e. The Kier molecular flexibility index (Phi) is 2.66. The fraction of sp³-hybridized carbons (Fsp3) is 0.625. The van der Waals surface area contributed by atoms with E-state index in [1.54, 1.807) is 0 Å². The van der Waals surface area contributed by atoms with E-state index < -0.39 is 0 Å². The second-order valence-electron chi connectivity index (χ2n) is 6.71. The number of hydrogen-bond donors (Lipinski definition) is 1. The van der Waals surface area contributed by atoms with Crippen molar-refractivity contribution in [2.45, 2.75) is 63.8 Å². The molecule has 0 bridgehead atoms. The molecule has 1 nitrogen and oxygen atoms in total. The smallest absolute Gasteiger partial charge is 0.0218 e. The lowest BCUT2D eigenvalue weighted by molar-refractivity contribution is 0.220. The Morgan fingerprint density at radius 2 is 1.71 bits per heavy atom. The van der Waals surface area contributed by atoms with Crippen LogP contribution in [0.15, 0.2) is 24.3 Å². The lowest BCUT2D eigenvalue weighted by atomic mass is 9.66. The monoisotopic (exact) mass is 231 g/mol. The average Bonchev–Trinajstić information content (AvgIpc) is 2.49. The summed E-state index contributed by atoms with van der Waals surface area (Å²) in [5.41, 5.74) is 9.71. The molecule has 0 heterocycles. The maximum atomic E-state index is 6.59. The summed E-state index contributed by atoms with van der Waals surface area (Å²) in [6, 6.07) is 8.83. The van der Waals surface area contributed by atoms with Crippen molar-refractivity contribution in [3.05, 3.63) is 35.4 Å². The number of nitrogens with two attached hydrogens (primary N) is 1. The molecule has 1 aliphatic rings. The second kappa shape index (κ2) is 3.58. The third-order valence-corrected chi connectivity index (χ3v) is 5.04. The molecular formula is C16H25N. The van der Waals surface area contributed by atoms with E-state index in [1.807, 2.05) is 0 Å². The summed E-state index contributed by atoms with van der Waals surface area (Å²) >= 11 is 0. The Morgan fingerprint density at radius 1 is 1.18 bits per heavy atom. The van der Waals surface area contributed by atoms with Crippen LogP contribution in [0.4, 0.5) is 0 Å². The molecule has 0 amide bonds. The molecule has 0 saturated carbocycles. The van der Waals surface area contributed by atoms with Gasteiger partial charge in [-0.05, 0) is 36.3 Å². The molecule has 0 aliphatic heterocycles. The highest BCUT2D eigenvalue weighted by atomic mass is 14.8. The van der Waals surface area contributed by atoms with Crippen molar-refractivity contribution in [3.8, 4) is 0 Å². The highest BCUT2D eigenvalue weighted by Gasteiger charge is 2.51. The fourth-order valence-corrected chi connectivity index (χ4v) is 3.53. The van der Waals surface area contributed by atoms with Gasteiger partial charge in [0.25, 0.3) is 0 Å². The van der Waals surface area contributed by atoms with Crippen LogP contribution in [0.25, 0.3) is 0 Å². The molecule has 0 spiro atoms. The first-order valence-electron chi connectivity index (χ1n) is 6.63. The molecule has 0 radical (unpaired) electrons. The van der Waals surface area contributed by atoms with Gasteiger partial charge >= 0.3 is 0 Å². The van der Waals surface area contributed by atoms with Gasteiger partial charge in [0, 0.05) is 11.0 Å². The van der Waals surface area contributed by atoms with E-state index >= 15 is 0 Å². The summed E-state index contributed by atoms with van der Waals surface area (Å²) in [4.78, 5) is 0. The second-order valence-corrected chi connectivity index (χ2v) is 6.71. The molecule has 0 aromatic heterocycles. The molecule has 0 saturated heterocycles. The van der Waals surface area contributed by atoms with Crippen LogP contribution >= 0.6 is 0 Å².